The highest BCUT2D eigenvalue weighted by Gasteiger charge is 2.45. The molecule has 0 bridgehead atoms. The number of hydrogen-bond donors (Lipinski definition) is 0. The van der Waals surface area contributed by atoms with Gasteiger partial charge in [0.25, 0.3) is 0 Å². The number of anilines is 1. The molecular weight excluding hydrogens is 526 g/mol. The van der Waals surface area contributed by atoms with Gasteiger partial charge in [0.05, 0.1) is 5.41 Å². The maximum absolute atomic E-state index is 12.8. The van der Waals surface area contributed by atoms with Crippen LogP contribution in [0.1, 0.15) is 92.7 Å². The molecule has 2 aromatic carbocycles. The van der Waals surface area contributed by atoms with Crippen LogP contribution in [0, 0.1) is 0 Å². The summed E-state index contributed by atoms with van der Waals surface area (Å²) < 4.78 is 2.48. The molecule has 5 rings (SSSR count). The molecule has 0 saturated heterocycles. The number of hydrogen-bond acceptors (Lipinski definition) is 2. The Morgan fingerprint density at radius 1 is 0.884 bits per heavy atom. The number of carbonyl (C=O) groups is 1. The van der Waals surface area contributed by atoms with Gasteiger partial charge in [-0.25, -0.2) is 0 Å². The SMILES string of the molecule is CC(=O)N(C)C1=C(/C=C/C2=[N+](C(C)C)c3ccccc3C2(C)C)CCC/C1=C\C=C1\N(C(C)C)c2ccccc2C1(C)C. The van der Waals surface area contributed by atoms with Crippen LogP contribution in [0.3, 0.4) is 0 Å². The van der Waals surface area contributed by atoms with Crippen LogP contribution in [0.5, 0.6) is 0 Å². The van der Waals surface area contributed by atoms with E-state index in [9.17, 15) is 4.79 Å². The highest BCUT2D eigenvalue weighted by Crippen LogP contribution is 2.49. The fourth-order valence-corrected chi connectivity index (χ4v) is 7.44. The number of benzene rings is 2. The van der Waals surface area contributed by atoms with Crippen LogP contribution >= 0.6 is 0 Å². The standard InChI is InChI=1S/C39H50N3O/c1-26(2)41-33-20-13-11-18-31(33)38(6,7)35(41)24-22-29-16-15-17-30(37(29)40(10)28(5)43)23-25-36-39(8,9)32-19-12-14-21-34(32)42(36)27(3)4/h11-14,18-27H,15-17H2,1-10H3/q+1. The Bertz CT molecular complexity index is 1590. The van der Waals surface area contributed by atoms with Crippen LogP contribution in [-0.4, -0.2) is 40.2 Å². The van der Waals surface area contributed by atoms with Gasteiger partial charge in [0.1, 0.15) is 0 Å². The summed E-state index contributed by atoms with van der Waals surface area (Å²) in [5.41, 5.74) is 11.2. The number of amides is 1. The predicted octanol–water partition coefficient (Wildman–Crippen LogP) is 8.96. The molecule has 43 heavy (non-hydrogen) atoms. The van der Waals surface area contributed by atoms with Crippen molar-refractivity contribution in [2.24, 2.45) is 0 Å². The van der Waals surface area contributed by atoms with E-state index in [4.69, 9.17) is 0 Å². The minimum Gasteiger partial charge on any atom is -0.341 e. The molecule has 0 radical (unpaired) electrons. The van der Waals surface area contributed by atoms with Gasteiger partial charge in [-0.15, -0.1) is 0 Å². The van der Waals surface area contributed by atoms with Gasteiger partial charge < -0.3 is 9.80 Å². The van der Waals surface area contributed by atoms with Crippen molar-refractivity contribution in [3.8, 4) is 0 Å². The van der Waals surface area contributed by atoms with E-state index in [1.165, 1.54) is 45.1 Å². The zero-order valence-corrected chi connectivity index (χ0v) is 28.0. The summed E-state index contributed by atoms with van der Waals surface area (Å²) in [5.74, 6) is 0.0591. The Kier molecular flexibility index (Phi) is 8.19. The third kappa shape index (κ3) is 5.24. The molecule has 0 aromatic heterocycles. The van der Waals surface area contributed by atoms with Gasteiger partial charge in [0, 0.05) is 60.2 Å². The van der Waals surface area contributed by atoms with Gasteiger partial charge in [0.2, 0.25) is 11.6 Å². The summed E-state index contributed by atoms with van der Waals surface area (Å²) in [7, 11) is 1.93. The number of carbonyl (C=O) groups excluding carboxylic acids is 1. The summed E-state index contributed by atoms with van der Waals surface area (Å²) in [5, 5.41) is 0. The number of fused-ring (bicyclic) bond motifs is 2. The molecule has 3 aliphatic rings. The smallest absolute Gasteiger partial charge is 0.223 e. The first-order valence-corrected chi connectivity index (χ1v) is 16.0. The zero-order valence-electron chi connectivity index (χ0n) is 28.0. The highest BCUT2D eigenvalue weighted by atomic mass is 16.2. The quantitative estimate of drug-likeness (QED) is 0.321. The molecule has 2 aliphatic heterocycles. The fourth-order valence-electron chi connectivity index (χ4n) is 7.44. The van der Waals surface area contributed by atoms with Crippen molar-refractivity contribution in [3.05, 3.63) is 107 Å². The van der Waals surface area contributed by atoms with Crippen molar-refractivity contribution in [1.82, 2.24) is 4.90 Å². The van der Waals surface area contributed by atoms with Crippen molar-refractivity contribution < 1.29 is 9.37 Å². The Morgan fingerprint density at radius 2 is 1.53 bits per heavy atom. The average Bonchev–Trinajstić information content (AvgIpc) is 3.33. The molecule has 1 aliphatic carbocycles. The van der Waals surface area contributed by atoms with Crippen LogP contribution in [0.25, 0.3) is 0 Å². The summed E-state index contributed by atoms with van der Waals surface area (Å²) in [6.45, 7) is 20.0. The lowest BCUT2D eigenvalue weighted by Crippen LogP contribution is -2.31. The number of rotatable bonds is 6. The third-order valence-corrected chi connectivity index (χ3v) is 9.70. The second kappa shape index (κ2) is 11.4. The zero-order chi connectivity index (χ0) is 31.3. The van der Waals surface area contributed by atoms with Crippen LogP contribution in [-0.2, 0) is 15.6 Å². The first kappa shape index (κ1) is 30.8. The Labute approximate surface area is 259 Å². The number of nitrogens with zero attached hydrogens (tertiary/aromatic N) is 3. The largest absolute Gasteiger partial charge is 0.341 e. The first-order chi connectivity index (χ1) is 20.3. The van der Waals surface area contributed by atoms with Gasteiger partial charge >= 0.3 is 0 Å². The molecule has 0 spiro atoms. The molecule has 0 N–H and O–H groups in total. The maximum Gasteiger partial charge on any atom is 0.223 e. The van der Waals surface area contributed by atoms with Crippen LogP contribution in [0.4, 0.5) is 11.4 Å². The number of para-hydroxylation sites is 2. The summed E-state index contributed by atoms with van der Waals surface area (Å²) in [4.78, 5) is 17.2. The maximum atomic E-state index is 12.8. The highest BCUT2D eigenvalue weighted by molar-refractivity contribution is 6.03. The van der Waals surface area contributed by atoms with Gasteiger partial charge in [-0.1, -0.05) is 62.4 Å². The summed E-state index contributed by atoms with van der Waals surface area (Å²) in [6, 6.07) is 18.2. The van der Waals surface area contributed by atoms with Crippen molar-refractivity contribution in [2.45, 2.75) is 104 Å². The molecule has 2 aromatic rings. The van der Waals surface area contributed by atoms with Gasteiger partial charge in [0.15, 0.2) is 11.8 Å². The molecule has 0 atom stereocenters. The Morgan fingerprint density at radius 3 is 2.19 bits per heavy atom. The molecule has 2 heterocycles. The lowest BCUT2D eigenvalue weighted by atomic mass is 9.81. The van der Waals surface area contributed by atoms with Crippen molar-refractivity contribution in [1.29, 1.82) is 0 Å². The lowest BCUT2D eigenvalue weighted by Gasteiger charge is -2.31. The second-order valence-electron chi connectivity index (χ2n) is 14.0. The molecule has 0 unspecified atom stereocenters. The minimum absolute atomic E-state index is 0.0591. The van der Waals surface area contributed by atoms with Gasteiger partial charge in [-0.2, -0.15) is 4.58 Å². The van der Waals surface area contributed by atoms with E-state index in [1.54, 1.807) is 6.92 Å². The number of likely N-dealkylation sites (N-methyl/N-ethyl adjacent to an activating group) is 1. The minimum atomic E-state index is -0.105. The lowest BCUT2D eigenvalue weighted by molar-refractivity contribution is -0.472. The van der Waals surface area contributed by atoms with E-state index in [-0.39, 0.29) is 16.7 Å². The molecule has 0 saturated carbocycles. The Hall–Kier alpha value is -3.66. The second-order valence-corrected chi connectivity index (χ2v) is 14.0. The monoisotopic (exact) mass is 576 g/mol. The summed E-state index contributed by atoms with van der Waals surface area (Å²) >= 11 is 0. The molecule has 4 heteroatoms. The van der Waals surface area contributed by atoms with Crippen LogP contribution in [0.2, 0.25) is 0 Å². The van der Waals surface area contributed by atoms with E-state index < -0.39 is 0 Å². The van der Waals surface area contributed by atoms with E-state index in [1.807, 2.05) is 11.9 Å². The molecular formula is C39H50N3O+. The van der Waals surface area contributed by atoms with E-state index in [2.05, 4.69) is 138 Å². The van der Waals surface area contributed by atoms with Crippen molar-refractivity contribution in [2.75, 3.05) is 11.9 Å². The van der Waals surface area contributed by atoms with Crippen molar-refractivity contribution >= 4 is 23.0 Å². The van der Waals surface area contributed by atoms with Crippen LogP contribution in [0.15, 0.2) is 95.4 Å². The van der Waals surface area contributed by atoms with Crippen molar-refractivity contribution in [3.63, 3.8) is 0 Å². The molecule has 226 valence electrons. The first-order valence-electron chi connectivity index (χ1n) is 16.0. The molecule has 4 nitrogen and oxygen atoms in total. The molecule has 0 fully saturated rings. The van der Waals surface area contributed by atoms with Gasteiger partial charge in [-0.05, 0) is 89.7 Å². The van der Waals surface area contributed by atoms with E-state index in [0.29, 0.717) is 12.1 Å². The van der Waals surface area contributed by atoms with Crippen LogP contribution < -0.4 is 4.90 Å². The predicted molar refractivity (Wildman–Crippen MR) is 181 cm³/mol. The third-order valence-electron chi connectivity index (χ3n) is 9.70. The van der Waals surface area contributed by atoms with E-state index in [0.717, 1.165) is 25.0 Å². The van der Waals surface area contributed by atoms with E-state index >= 15 is 0 Å². The fraction of sp³-hybridized carbons (Fsp3) is 0.436. The Balaban J connectivity index is 1.62. The number of allylic oxidation sites excluding steroid dienone is 7. The summed E-state index contributed by atoms with van der Waals surface area (Å²) in [6.07, 6.45) is 12.2. The average molecular weight is 577 g/mol. The normalized spacial score (nSPS) is 21.2. The molecule has 1 amide bonds. The topological polar surface area (TPSA) is 26.6 Å². The van der Waals surface area contributed by atoms with Gasteiger partial charge in [-0.3, -0.25) is 4.79 Å².